The van der Waals surface area contributed by atoms with Gasteiger partial charge in [-0.05, 0) is 6.07 Å². The van der Waals surface area contributed by atoms with Crippen LogP contribution in [0.15, 0.2) is 12.3 Å². The van der Waals surface area contributed by atoms with Crippen LogP contribution in [-0.2, 0) is 11.8 Å². The van der Waals surface area contributed by atoms with Crippen molar-refractivity contribution < 1.29 is 14.6 Å². The molecule has 1 aromatic rings. The maximum Gasteiger partial charge on any atom is 0.274 e. The molecule has 1 rings (SSSR count). The molecule has 6 nitrogen and oxygen atoms in total. The first-order valence-electron chi connectivity index (χ1n) is 4.96. The summed E-state index contributed by atoms with van der Waals surface area (Å²) in [5.74, 6) is -0.212. The quantitative estimate of drug-likeness (QED) is 0.736. The molecule has 0 radical (unpaired) electrons. The van der Waals surface area contributed by atoms with Crippen LogP contribution in [0.1, 0.15) is 10.5 Å². The van der Waals surface area contributed by atoms with Crippen molar-refractivity contribution in [2.24, 2.45) is 7.05 Å². The van der Waals surface area contributed by atoms with Crippen LogP contribution in [0.2, 0.25) is 0 Å². The largest absolute Gasteiger partial charge is 0.389 e. The Bertz CT molecular complexity index is 351. The third-order valence-electron chi connectivity index (χ3n) is 2.12. The summed E-state index contributed by atoms with van der Waals surface area (Å²) < 4.78 is 6.35. The lowest BCUT2D eigenvalue weighted by atomic mass is 10.3. The molecule has 0 fully saturated rings. The van der Waals surface area contributed by atoms with Crippen LogP contribution >= 0.6 is 0 Å². The predicted octanol–water partition coefficient (Wildman–Crippen LogP) is -0.501. The highest BCUT2D eigenvalue weighted by Crippen LogP contribution is 2.01. The summed E-state index contributed by atoms with van der Waals surface area (Å²) in [5, 5.41) is 13.5. The zero-order chi connectivity index (χ0) is 12.1. The number of aliphatic hydroxyl groups excluding tert-OH is 1. The number of aromatic nitrogens is 2. The Morgan fingerprint density at radius 2 is 2.44 bits per heavy atom. The van der Waals surface area contributed by atoms with E-state index in [2.05, 4.69) is 5.10 Å². The van der Waals surface area contributed by atoms with Crippen molar-refractivity contribution in [2.45, 2.75) is 6.10 Å². The maximum atomic E-state index is 11.8. The molecule has 90 valence electrons. The number of carbonyl (C=O) groups is 1. The van der Waals surface area contributed by atoms with Gasteiger partial charge >= 0.3 is 0 Å². The van der Waals surface area contributed by atoms with Gasteiger partial charge in [0.1, 0.15) is 5.69 Å². The van der Waals surface area contributed by atoms with Gasteiger partial charge in [-0.3, -0.25) is 9.48 Å². The summed E-state index contributed by atoms with van der Waals surface area (Å²) in [6.07, 6.45) is 1.02. The number of carbonyl (C=O) groups excluding carboxylic acids is 1. The number of likely N-dealkylation sites (N-methyl/N-ethyl adjacent to an activating group) is 1. The van der Waals surface area contributed by atoms with Crippen LogP contribution in [0.3, 0.4) is 0 Å². The molecule has 1 aromatic heterocycles. The van der Waals surface area contributed by atoms with Crippen molar-refractivity contribution in [3.05, 3.63) is 18.0 Å². The Morgan fingerprint density at radius 1 is 1.75 bits per heavy atom. The SMILES string of the molecule is COCC(O)CN(C)C(=O)c1ccn(C)n1. The van der Waals surface area contributed by atoms with E-state index in [1.165, 1.54) is 12.0 Å². The van der Waals surface area contributed by atoms with E-state index >= 15 is 0 Å². The van der Waals surface area contributed by atoms with Crippen molar-refractivity contribution in [1.29, 1.82) is 0 Å². The number of rotatable bonds is 5. The predicted molar refractivity (Wildman–Crippen MR) is 58.1 cm³/mol. The third-order valence-corrected chi connectivity index (χ3v) is 2.12. The molecule has 1 unspecified atom stereocenters. The zero-order valence-electron chi connectivity index (χ0n) is 9.75. The van der Waals surface area contributed by atoms with Gasteiger partial charge in [0.2, 0.25) is 0 Å². The number of aryl methyl sites for hydroxylation is 1. The van der Waals surface area contributed by atoms with Gasteiger partial charge in [0.15, 0.2) is 0 Å². The topological polar surface area (TPSA) is 67.6 Å². The van der Waals surface area contributed by atoms with E-state index in [0.717, 1.165) is 0 Å². The standard InChI is InChI=1S/C10H17N3O3/c1-12(6-8(14)7-16-3)10(15)9-4-5-13(2)11-9/h4-5,8,14H,6-7H2,1-3H3. The van der Waals surface area contributed by atoms with Crippen LogP contribution < -0.4 is 0 Å². The summed E-state index contributed by atoms with van der Waals surface area (Å²) in [4.78, 5) is 13.2. The number of methoxy groups -OCH3 is 1. The number of ether oxygens (including phenoxy) is 1. The maximum absolute atomic E-state index is 11.8. The molecular weight excluding hydrogens is 210 g/mol. The van der Waals surface area contributed by atoms with Crippen molar-refractivity contribution in [2.75, 3.05) is 27.3 Å². The van der Waals surface area contributed by atoms with Gasteiger partial charge in [-0.15, -0.1) is 0 Å². The Kier molecular flexibility index (Phi) is 4.45. The van der Waals surface area contributed by atoms with Crippen molar-refractivity contribution in [3.63, 3.8) is 0 Å². The number of hydrogen-bond donors (Lipinski definition) is 1. The second kappa shape index (κ2) is 5.62. The minimum Gasteiger partial charge on any atom is -0.389 e. The number of nitrogens with zero attached hydrogens (tertiary/aromatic N) is 3. The van der Waals surface area contributed by atoms with E-state index in [0.29, 0.717) is 5.69 Å². The fourth-order valence-electron chi connectivity index (χ4n) is 1.37. The van der Waals surface area contributed by atoms with Crippen molar-refractivity contribution in [1.82, 2.24) is 14.7 Å². The Morgan fingerprint density at radius 3 is 2.94 bits per heavy atom. The molecule has 0 aliphatic rings. The number of aliphatic hydroxyl groups is 1. The lowest BCUT2D eigenvalue weighted by molar-refractivity contribution is 0.0377. The van der Waals surface area contributed by atoms with Gasteiger partial charge < -0.3 is 14.7 Å². The highest BCUT2D eigenvalue weighted by Gasteiger charge is 2.17. The molecule has 1 atom stereocenters. The first kappa shape index (κ1) is 12.7. The van der Waals surface area contributed by atoms with E-state index in [1.807, 2.05) is 0 Å². The van der Waals surface area contributed by atoms with E-state index in [4.69, 9.17) is 4.74 Å². The summed E-state index contributed by atoms with van der Waals surface area (Å²) in [5.41, 5.74) is 0.370. The minimum atomic E-state index is -0.678. The Hall–Kier alpha value is -1.40. The molecule has 1 N–H and O–H groups in total. The molecule has 16 heavy (non-hydrogen) atoms. The summed E-state index contributed by atoms with van der Waals surface area (Å²) in [6, 6.07) is 1.64. The van der Waals surface area contributed by atoms with Crippen LogP contribution in [0.25, 0.3) is 0 Å². The smallest absolute Gasteiger partial charge is 0.274 e. The highest BCUT2D eigenvalue weighted by atomic mass is 16.5. The third kappa shape index (κ3) is 3.32. The highest BCUT2D eigenvalue weighted by molar-refractivity contribution is 5.92. The first-order chi connectivity index (χ1) is 7.54. The fourth-order valence-corrected chi connectivity index (χ4v) is 1.37. The van der Waals surface area contributed by atoms with E-state index < -0.39 is 6.10 Å². The van der Waals surface area contributed by atoms with Crippen LogP contribution in [0.4, 0.5) is 0 Å². The Labute approximate surface area is 94.4 Å². The summed E-state index contributed by atoms with van der Waals surface area (Å²) in [7, 11) is 4.87. The van der Waals surface area contributed by atoms with E-state index in [9.17, 15) is 9.90 Å². The number of amides is 1. The van der Waals surface area contributed by atoms with Gasteiger partial charge in [0, 0.05) is 33.9 Å². The zero-order valence-corrected chi connectivity index (χ0v) is 9.75. The first-order valence-corrected chi connectivity index (χ1v) is 4.96. The van der Waals surface area contributed by atoms with Crippen molar-refractivity contribution in [3.8, 4) is 0 Å². The molecule has 0 spiro atoms. The van der Waals surface area contributed by atoms with Gasteiger partial charge in [-0.25, -0.2) is 0 Å². The van der Waals surface area contributed by atoms with Crippen LogP contribution in [0.5, 0.6) is 0 Å². The normalized spacial score (nSPS) is 12.5. The second-order valence-corrected chi connectivity index (χ2v) is 3.67. The molecule has 0 saturated carbocycles. The van der Waals surface area contributed by atoms with Crippen LogP contribution in [-0.4, -0.2) is 59.1 Å². The van der Waals surface area contributed by atoms with Crippen LogP contribution in [0, 0.1) is 0 Å². The van der Waals surface area contributed by atoms with Gasteiger partial charge in [-0.2, -0.15) is 5.10 Å². The Balaban J connectivity index is 2.54. The molecule has 0 aliphatic heterocycles. The van der Waals surface area contributed by atoms with E-state index in [-0.39, 0.29) is 19.1 Å². The van der Waals surface area contributed by atoms with Gasteiger partial charge in [-0.1, -0.05) is 0 Å². The summed E-state index contributed by atoms with van der Waals surface area (Å²) >= 11 is 0. The molecule has 0 bridgehead atoms. The molecule has 1 heterocycles. The minimum absolute atomic E-state index is 0.208. The molecular formula is C10H17N3O3. The molecule has 6 heteroatoms. The van der Waals surface area contributed by atoms with Gasteiger partial charge in [0.25, 0.3) is 5.91 Å². The molecule has 0 saturated heterocycles. The molecule has 1 amide bonds. The van der Waals surface area contributed by atoms with Crippen molar-refractivity contribution >= 4 is 5.91 Å². The monoisotopic (exact) mass is 227 g/mol. The number of hydrogen-bond acceptors (Lipinski definition) is 4. The average Bonchev–Trinajstić information content (AvgIpc) is 2.64. The summed E-state index contributed by atoms with van der Waals surface area (Å²) in [6.45, 7) is 0.434. The fraction of sp³-hybridized carbons (Fsp3) is 0.600. The average molecular weight is 227 g/mol. The second-order valence-electron chi connectivity index (χ2n) is 3.67. The molecule has 0 aliphatic carbocycles. The lowest BCUT2D eigenvalue weighted by Crippen LogP contribution is -2.36. The molecule has 0 aromatic carbocycles. The van der Waals surface area contributed by atoms with E-state index in [1.54, 1.807) is 31.0 Å². The van der Waals surface area contributed by atoms with Gasteiger partial charge in [0.05, 0.1) is 12.7 Å². The lowest BCUT2D eigenvalue weighted by Gasteiger charge is -2.19.